The molecule has 0 N–H and O–H groups in total. The van der Waals surface area contributed by atoms with Crippen LogP contribution in [0, 0.1) is 0 Å². The van der Waals surface area contributed by atoms with Gasteiger partial charge in [0.15, 0.2) is 0 Å². The fourth-order valence-electron chi connectivity index (χ4n) is 22.7. The molecule has 4 heteroatoms. The quantitative estimate of drug-likeness (QED) is 0.0510. The van der Waals surface area contributed by atoms with E-state index in [1.807, 2.05) is 0 Å². The zero-order valence-electron chi connectivity index (χ0n) is 83.3. The summed E-state index contributed by atoms with van der Waals surface area (Å²) in [4.78, 5) is 4.71. The van der Waals surface area contributed by atoms with E-state index in [0.717, 1.165) is 64.8 Å². The van der Waals surface area contributed by atoms with Crippen molar-refractivity contribution in [2.24, 2.45) is 0 Å². The van der Waals surface area contributed by atoms with Crippen LogP contribution in [0.2, 0.25) is 0 Å². The molecule has 0 saturated carbocycles. The van der Waals surface area contributed by atoms with E-state index >= 15 is 0 Å². The van der Waals surface area contributed by atoms with Crippen molar-refractivity contribution in [1.29, 1.82) is 0 Å². The maximum Gasteiger partial charge on any atom is 0.0541 e. The van der Waals surface area contributed by atoms with Gasteiger partial charge in [0.05, 0.1) is 22.1 Å². The monoisotopic (exact) mass is 1880 g/mol. The van der Waals surface area contributed by atoms with Gasteiger partial charge in [-0.2, -0.15) is 0 Å². The minimum Gasteiger partial charge on any atom is -0.311 e. The third kappa shape index (κ3) is 18.6. The first kappa shape index (κ1) is 91.3. The van der Waals surface area contributed by atoms with E-state index in [9.17, 15) is 0 Å². The van der Waals surface area contributed by atoms with Crippen molar-refractivity contribution in [3.8, 4) is 112 Å². The third-order valence-electron chi connectivity index (χ3n) is 31.2. The lowest BCUT2D eigenvalue weighted by atomic mass is 9.80. The minimum atomic E-state index is 0.437. The Balaban J connectivity index is 0.000000157. The summed E-state index contributed by atoms with van der Waals surface area (Å²) in [6, 6.07) is 188. The molecule has 2 aromatic heterocycles. The Kier molecular flexibility index (Phi) is 25.4. The summed E-state index contributed by atoms with van der Waals surface area (Å²) in [5, 5.41) is 4.98. The summed E-state index contributed by atoms with van der Waals surface area (Å²) in [6.45, 7) is 9.48. The molecule has 0 bridgehead atoms. The summed E-state index contributed by atoms with van der Waals surface area (Å²) in [6.07, 6.45) is 9.49. The summed E-state index contributed by atoms with van der Waals surface area (Å²) in [5.41, 5.74) is 47.6. The average molecular weight is 1880 g/mol. The zero-order chi connectivity index (χ0) is 97.9. The zero-order valence-corrected chi connectivity index (χ0v) is 83.3. The van der Waals surface area contributed by atoms with Crippen LogP contribution in [0.15, 0.2) is 510 Å². The second-order valence-corrected chi connectivity index (χ2v) is 40.0. The summed E-state index contributed by atoms with van der Waals surface area (Å²) in [7, 11) is 0. The molecule has 0 aliphatic heterocycles. The fourth-order valence-corrected chi connectivity index (χ4v) is 22.7. The van der Waals surface area contributed by atoms with Crippen molar-refractivity contribution in [3.63, 3.8) is 0 Å². The molecule has 23 aromatic rings. The molecule has 0 radical (unpaired) electrons. The smallest absolute Gasteiger partial charge is 0.0541 e. The molecule has 2 aliphatic carbocycles. The highest BCUT2D eigenvalue weighted by Gasteiger charge is 2.26. The number of hydrogen-bond donors (Lipinski definition) is 0. The Morgan fingerprint density at radius 1 is 0.185 bits per heavy atom. The van der Waals surface area contributed by atoms with Crippen LogP contribution in [0.1, 0.15) is 122 Å². The van der Waals surface area contributed by atoms with Gasteiger partial charge in [-0.3, -0.25) is 0 Å². The molecule has 0 amide bonds. The number of para-hydroxylation sites is 2. The standard InChI is InChI=1S/C74H60N2.C68H56N2/c1-3-52(56-23-25-59(26-24-56)63-29-27-60-28-30-64(60)48-63)47-51(2)53-19-21-61(22-20-53)65-37-45-73-71(49-65)72-50-66(38-46-74(72)76(73)67-17-11-6-12-18-67)62-35-43-70(44-36-62)75(68-39-31-57(32-40-68)54-13-7-4-8-14-54)69-41-33-58(34-42-69)55-15-9-5-10-16-55;1-3-48(57-25-23-54-24-26-58(54)44-57)43-47(2)49-19-21-55(22-20-49)59-33-41-67-65(45-59)66-46-60(34-42-68(66)70(67)61-17-11-6-12-18-61)56-31-39-64(40-32-56)69(62-35-27-52(28-36-62)50-13-7-4-8-14-50)63-37-29-53(30-38-63)51-15-9-5-10-16-51/h4-27,29,31-46,48-52H,3,28,30,47H2,1-2H3;4-23,25,27-42,44-48H,3,24,26,43H2,1-2H3. The minimum absolute atomic E-state index is 0.437. The van der Waals surface area contributed by atoms with Gasteiger partial charge in [-0.25, -0.2) is 0 Å². The Hall–Kier alpha value is -17.2. The lowest BCUT2D eigenvalue weighted by molar-refractivity contribution is 0.543. The van der Waals surface area contributed by atoms with Gasteiger partial charge in [0.1, 0.15) is 0 Å². The second-order valence-electron chi connectivity index (χ2n) is 40.0. The normalized spacial score (nSPS) is 12.8. The molecule has 25 rings (SSSR count). The van der Waals surface area contributed by atoms with Gasteiger partial charge in [0.2, 0.25) is 0 Å². The highest BCUT2D eigenvalue weighted by Crippen LogP contribution is 2.47. The number of rotatable bonds is 27. The number of aromatic nitrogens is 2. The van der Waals surface area contributed by atoms with Crippen molar-refractivity contribution >= 4 is 77.7 Å². The molecule has 0 fully saturated rings. The molecule has 4 unspecified atom stereocenters. The van der Waals surface area contributed by atoms with Crippen LogP contribution in [-0.4, -0.2) is 9.13 Å². The van der Waals surface area contributed by atoms with Crippen LogP contribution in [0.3, 0.4) is 0 Å². The van der Waals surface area contributed by atoms with Crippen molar-refractivity contribution < 1.29 is 0 Å². The highest BCUT2D eigenvalue weighted by molar-refractivity contribution is 6.13. The van der Waals surface area contributed by atoms with E-state index in [1.165, 1.54) is 209 Å². The van der Waals surface area contributed by atoms with Gasteiger partial charge in [-0.05, 0) is 365 Å². The van der Waals surface area contributed by atoms with E-state index in [2.05, 4.69) is 556 Å². The second kappa shape index (κ2) is 40.7. The van der Waals surface area contributed by atoms with Gasteiger partial charge in [-0.15, -0.1) is 0 Å². The Morgan fingerprint density at radius 3 is 0.651 bits per heavy atom. The number of hydrogen-bond acceptors (Lipinski definition) is 2. The summed E-state index contributed by atoms with van der Waals surface area (Å²) in [5.74, 6) is 2.00. The van der Waals surface area contributed by atoms with Crippen LogP contribution in [0.5, 0.6) is 0 Å². The number of anilines is 6. The maximum atomic E-state index is 2.49. The van der Waals surface area contributed by atoms with E-state index in [-0.39, 0.29) is 0 Å². The third-order valence-corrected chi connectivity index (χ3v) is 31.2. The number of aryl methyl sites for hydroxylation is 4. The molecule has 0 saturated heterocycles. The van der Waals surface area contributed by atoms with Gasteiger partial charge in [0, 0.05) is 67.0 Å². The lowest BCUT2D eigenvalue weighted by Gasteiger charge is -2.26. The number of fused-ring (bicyclic) bond motifs is 8. The largest absolute Gasteiger partial charge is 0.311 e. The Morgan fingerprint density at radius 2 is 0.390 bits per heavy atom. The van der Waals surface area contributed by atoms with Crippen molar-refractivity contribution in [2.75, 3.05) is 9.80 Å². The number of benzene rings is 21. The van der Waals surface area contributed by atoms with Crippen LogP contribution in [0.4, 0.5) is 34.1 Å². The van der Waals surface area contributed by atoms with Crippen LogP contribution < -0.4 is 9.80 Å². The summed E-state index contributed by atoms with van der Waals surface area (Å²) >= 11 is 0. The lowest BCUT2D eigenvalue weighted by Crippen LogP contribution is -2.10. The molecule has 21 aromatic carbocycles. The van der Waals surface area contributed by atoms with Gasteiger partial charge < -0.3 is 18.9 Å². The topological polar surface area (TPSA) is 16.3 Å². The molecular weight excluding hydrogens is 1760 g/mol. The van der Waals surface area contributed by atoms with Crippen LogP contribution >= 0.6 is 0 Å². The highest BCUT2D eigenvalue weighted by atomic mass is 15.1. The fraction of sp³-hybridized carbons (Fsp3) is 0.113. The Bertz CT molecular complexity index is 8370. The first-order chi connectivity index (χ1) is 72.0. The molecular formula is C142H116N4. The average Bonchev–Trinajstić information content (AvgIpc) is 1.58. The molecule has 4 atom stereocenters. The molecule has 704 valence electrons. The molecule has 0 spiro atoms. The first-order valence-electron chi connectivity index (χ1n) is 52.3. The summed E-state index contributed by atoms with van der Waals surface area (Å²) < 4.78 is 4.83. The SMILES string of the molecule is CCC(CC(C)c1ccc(-c2ccc3c(c2)c2cc(-c4ccc(N(c5ccc(-c6ccccc6)cc5)c5ccc(-c6ccccc6)cc5)cc4)ccc2n3-c2ccccc2)cc1)c1ccc(-c2ccc3c(c2)CC3)cc1.CCC(CC(C)c1ccc(-c2ccc3c(c2)c2cc(-c4ccc(N(c5ccc(-c6ccccc6)cc5)c5ccc(-c6ccccc6)cc5)cc4)ccc2n3-c2ccccc2)cc1)c1ccc2c(c1)CC2. The molecule has 2 aliphatic rings. The van der Waals surface area contributed by atoms with E-state index < -0.39 is 0 Å². The Labute approximate surface area is 858 Å². The van der Waals surface area contributed by atoms with Crippen LogP contribution in [-0.2, 0) is 25.7 Å². The first-order valence-corrected chi connectivity index (χ1v) is 52.3. The van der Waals surface area contributed by atoms with E-state index in [1.54, 1.807) is 11.1 Å². The number of nitrogens with zero attached hydrogens (tertiary/aromatic N) is 4. The predicted octanol–water partition coefficient (Wildman–Crippen LogP) is 39.1. The van der Waals surface area contributed by atoms with E-state index in [0.29, 0.717) is 23.7 Å². The van der Waals surface area contributed by atoms with Crippen molar-refractivity contribution in [3.05, 3.63) is 554 Å². The van der Waals surface area contributed by atoms with Gasteiger partial charge in [-0.1, -0.05) is 392 Å². The van der Waals surface area contributed by atoms with Crippen LogP contribution in [0.25, 0.3) is 155 Å². The molecule has 4 nitrogen and oxygen atoms in total. The van der Waals surface area contributed by atoms with E-state index in [4.69, 9.17) is 0 Å². The molecule has 146 heavy (non-hydrogen) atoms. The molecule has 2 heterocycles. The predicted molar refractivity (Wildman–Crippen MR) is 620 cm³/mol. The van der Waals surface area contributed by atoms with Gasteiger partial charge >= 0.3 is 0 Å². The van der Waals surface area contributed by atoms with Crippen molar-refractivity contribution in [1.82, 2.24) is 9.13 Å². The maximum absolute atomic E-state index is 2.49. The van der Waals surface area contributed by atoms with Gasteiger partial charge in [0.25, 0.3) is 0 Å². The van der Waals surface area contributed by atoms with Crippen molar-refractivity contribution in [2.45, 2.75) is 103 Å².